The van der Waals surface area contributed by atoms with Gasteiger partial charge >= 0.3 is 5.97 Å². The van der Waals surface area contributed by atoms with Crippen LogP contribution in [0.3, 0.4) is 0 Å². The Morgan fingerprint density at radius 1 is 1.59 bits per heavy atom. The van der Waals surface area contributed by atoms with Gasteiger partial charge in [-0.2, -0.15) is 0 Å². The van der Waals surface area contributed by atoms with Gasteiger partial charge in [0.15, 0.2) is 5.82 Å². The molecule has 2 fully saturated rings. The van der Waals surface area contributed by atoms with Gasteiger partial charge in [-0.1, -0.05) is 6.92 Å². The second-order valence-electron chi connectivity index (χ2n) is 5.41. The maximum absolute atomic E-state index is 11.2. The topological polar surface area (TPSA) is 80.9 Å². The summed E-state index contributed by atoms with van der Waals surface area (Å²) < 4.78 is 1.70. The van der Waals surface area contributed by atoms with Gasteiger partial charge in [-0.3, -0.25) is 4.79 Å². The molecule has 92 valence electrons. The third kappa shape index (κ3) is 1.81. The second-order valence-corrected chi connectivity index (χ2v) is 5.41. The van der Waals surface area contributed by atoms with Crippen LogP contribution in [0.15, 0.2) is 0 Å². The van der Waals surface area contributed by atoms with Crippen LogP contribution in [0.5, 0.6) is 0 Å². The van der Waals surface area contributed by atoms with Crippen LogP contribution >= 0.6 is 0 Å². The first kappa shape index (κ1) is 10.7. The van der Waals surface area contributed by atoms with Crippen LogP contribution in [0.2, 0.25) is 0 Å². The quantitative estimate of drug-likeness (QED) is 0.826. The van der Waals surface area contributed by atoms with Crippen molar-refractivity contribution in [3.63, 3.8) is 0 Å². The Hall–Kier alpha value is -1.46. The van der Waals surface area contributed by atoms with E-state index in [0.717, 1.165) is 18.7 Å². The Balaban J connectivity index is 1.79. The molecule has 17 heavy (non-hydrogen) atoms. The summed E-state index contributed by atoms with van der Waals surface area (Å²) in [6.07, 6.45) is 3.94. The zero-order valence-electron chi connectivity index (χ0n) is 9.83. The van der Waals surface area contributed by atoms with Crippen LogP contribution in [0.25, 0.3) is 0 Å². The first-order valence-corrected chi connectivity index (χ1v) is 6.12. The average Bonchev–Trinajstić information content (AvgIpc) is 3.16. The van der Waals surface area contributed by atoms with E-state index in [0.29, 0.717) is 18.4 Å². The smallest absolute Gasteiger partial charge is 0.311 e. The maximum Gasteiger partial charge on any atom is 0.311 e. The highest BCUT2D eigenvalue weighted by Gasteiger charge is 2.51. The minimum atomic E-state index is -0.724. The van der Waals surface area contributed by atoms with E-state index in [-0.39, 0.29) is 0 Å². The highest BCUT2D eigenvalue weighted by atomic mass is 16.4. The van der Waals surface area contributed by atoms with Crippen molar-refractivity contribution in [2.45, 2.75) is 45.1 Å². The lowest BCUT2D eigenvalue weighted by Crippen LogP contribution is -2.24. The van der Waals surface area contributed by atoms with E-state index in [9.17, 15) is 9.90 Å². The Morgan fingerprint density at radius 3 is 2.82 bits per heavy atom. The zero-order chi connectivity index (χ0) is 12.0. The van der Waals surface area contributed by atoms with Crippen molar-refractivity contribution in [3.8, 4) is 0 Å². The first-order chi connectivity index (χ1) is 8.12. The monoisotopic (exact) mass is 236 g/mol. The van der Waals surface area contributed by atoms with E-state index in [4.69, 9.17) is 0 Å². The molecular formula is C11H16N4O2. The Kier molecular flexibility index (Phi) is 2.21. The fourth-order valence-corrected chi connectivity index (χ4v) is 2.33. The number of nitrogens with zero attached hydrogens (tertiary/aromatic N) is 4. The predicted octanol–water partition coefficient (Wildman–Crippen LogP) is 1.05. The van der Waals surface area contributed by atoms with Gasteiger partial charge in [-0.25, -0.2) is 4.68 Å². The van der Waals surface area contributed by atoms with Crippen LogP contribution in [-0.2, 0) is 11.3 Å². The Labute approximate surface area is 99.0 Å². The predicted molar refractivity (Wildman–Crippen MR) is 58.3 cm³/mol. The molecule has 1 aromatic rings. The summed E-state index contributed by atoms with van der Waals surface area (Å²) >= 11 is 0. The van der Waals surface area contributed by atoms with E-state index < -0.39 is 11.4 Å². The molecule has 0 spiro atoms. The van der Waals surface area contributed by atoms with Gasteiger partial charge in [0, 0.05) is 5.92 Å². The molecule has 0 radical (unpaired) electrons. The molecule has 2 aliphatic rings. The summed E-state index contributed by atoms with van der Waals surface area (Å²) in [6, 6.07) is 0. The molecule has 6 nitrogen and oxygen atoms in total. The average molecular weight is 236 g/mol. The van der Waals surface area contributed by atoms with Crippen molar-refractivity contribution < 1.29 is 9.90 Å². The van der Waals surface area contributed by atoms with Crippen molar-refractivity contribution >= 4 is 5.97 Å². The molecule has 0 saturated heterocycles. The molecular weight excluding hydrogens is 220 g/mol. The van der Waals surface area contributed by atoms with Crippen molar-refractivity contribution in [2.24, 2.45) is 11.3 Å². The van der Waals surface area contributed by atoms with E-state index in [1.165, 1.54) is 12.8 Å². The fourth-order valence-electron chi connectivity index (χ4n) is 2.33. The highest BCUT2D eigenvalue weighted by molar-refractivity contribution is 5.77. The van der Waals surface area contributed by atoms with Crippen molar-refractivity contribution in [1.82, 2.24) is 20.2 Å². The summed E-state index contributed by atoms with van der Waals surface area (Å²) in [7, 11) is 0. The van der Waals surface area contributed by atoms with Gasteiger partial charge in [-0.15, -0.1) is 5.10 Å². The van der Waals surface area contributed by atoms with Gasteiger partial charge in [0.05, 0.1) is 12.0 Å². The SMILES string of the molecule is CC(c1nnnn1CC1(C(=O)O)CC1)C1CC1. The number of aliphatic carboxylic acids is 1. The molecule has 0 aliphatic heterocycles. The molecule has 1 heterocycles. The standard InChI is InChI=1S/C11H16N4O2/c1-7(8-2-3-8)9-12-13-14-15(9)6-11(4-5-11)10(16)17/h7-8H,2-6H2,1H3,(H,16,17). The maximum atomic E-state index is 11.2. The van der Waals surface area contributed by atoms with Crippen LogP contribution in [0, 0.1) is 11.3 Å². The molecule has 1 unspecified atom stereocenters. The van der Waals surface area contributed by atoms with Crippen LogP contribution < -0.4 is 0 Å². The van der Waals surface area contributed by atoms with E-state index >= 15 is 0 Å². The third-order valence-electron chi connectivity index (χ3n) is 4.06. The molecule has 2 saturated carbocycles. The highest BCUT2D eigenvalue weighted by Crippen LogP contribution is 2.48. The Morgan fingerprint density at radius 2 is 2.29 bits per heavy atom. The van der Waals surface area contributed by atoms with Crippen molar-refractivity contribution in [3.05, 3.63) is 5.82 Å². The van der Waals surface area contributed by atoms with Gasteiger partial charge in [0.25, 0.3) is 0 Å². The van der Waals surface area contributed by atoms with Crippen LogP contribution in [0.1, 0.15) is 44.3 Å². The van der Waals surface area contributed by atoms with Crippen molar-refractivity contribution in [2.75, 3.05) is 0 Å². The van der Waals surface area contributed by atoms with E-state index in [1.807, 2.05) is 0 Å². The second kappa shape index (κ2) is 3.51. The molecule has 2 aliphatic carbocycles. The van der Waals surface area contributed by atoms with Gasteiger partial charge in [-0.05, 0) is 42.0 Å². The lowest BCUT2D eigenvalue weighted by Gasteiger charge is -2.13. The van der Waals surface area contributed by atoms with Gasteiger partial charge in [0.1, 0.15) is 0 Å². The third-order valence-corrected chi connectivity index (χ3v) is 4.06. The molecule has 3 rings (SSSR count). The lowest BCUT2D eigenvalue weighted by molar-refractivity contribution is -0.144. The number of hydrogen-bond donors (Lipinski definition) is 1. The summed E-state index contributed by atoms with van der Waals surface area (Å²) in [5, 5.41) is 20.9. The Bertz CT molecular complexity index is 448. The minimum absolute atomic E-state index is 0.342. The fraction of sp³-hybridized carbons (Fsp3) is 0.818. The number of carbonyl (C=O) groups is 1. The number of tetrazole rings is 1. The van der Waals surface area contributed by atoms with Crippen LogP contribution in [0.4, 0.5) is 0 Å². The summed E-state index contributed by atoms with van der Waals surface area (Å²) in [5.74, 6) is 1.15. The number of hydrogen-bond acceptors (Lipinski definition) is 4. The zero-order valence-corrected chi connectivity index (χ0v) is 9.83. The first-order valence-electron chi connectivity index (χ1n) is 6.12. The lowest BCUT2D eigenvalue weighted by atomic mass is 10.0. The van der Waals surface area contributed by atoms with E-state index in [2.05, 4.69) is 22.4 Å². The molecule has 6 heteroatoms. The largest absolute Gasteiger partial charge is 0.481 e. The molecule has 1 atom stereocenters. The summed E-state index contributed by atoms with van der Waals surface area (Å²) in [5.41, 5.74) is -0.604. The number of carboxylic acids is 1. The van der Waals surface area contributed by atoms with Crippen LogP contribution in [-0.4, -0.2) is 31.3 Å². The molecule has 0 aromatic carbocycles. The summed E-state index contributed by atoms with van der Waals surface area (Å²) in [6.45, 7) is 2.54. The molecule has 0 amide bonds. The minimum Gasteiger partial charge on any atom is -0.481 e. The number of rotatable bonds is 5. The number of aromatic nitrogens is 4. The number of carboxylic acid groups (broad SMARTS) is 1. The molecule has 1 N–H and O–H groups in total. The van der Waals surface area contributed by atoms with E-state index in [1.54, 1.807) is 4.68 Å². The normalized spacial score (nSPS) is 23.4. The van der Waals surface area contributed by atoms with Crippen molar-refractivity contribution in [1.29, 1.82) is 0 Å². The molecule has 0 bridgehead atoms. The van der Waals surface area contributed by atoms with Gasteiger partial charge in [0.2, 0.25) is 0 Å². The van der Waals surface area contributed by atoms with Gasteiger partial charge < -0.3 is 5.11 Å². The summed E-state index contributed by atoms with van der Waals surface area (Å²) in [4.78, 5) is 11.2. The molecule has 1 aromatic heterocycles.